The Hall–Kier alpha value is -3.13. The van der Waals surface area contributed by atoms with Gasteiger partial charge in [-0.3, -0.25) is 4.79 Å². The molecule has 2 nitrogen and oxygen atoms in total. The first kappa shape index (κ1) is 13.5. The van der Waals surface area contributed by atoms with Gasteiger partial charge in [0.1, 0.15) is 11.3 Å². The first-order valence-corrected chi connectivity index (χ1v) is 7.51. The van der Waals surface area contributed by atoms with Crippen molar-refractivity contribution in [2.45, 2.75) is 0 Å². The summed E-state index contributed by atoms with van der Waals surface area (Å²) in [7, 11) is 0. The molecule has 0 unspecified atom stereocenters. The van der Waals surface area contributed by atoms with Crippen molar-refractivity contribution in [3.05, 3.63) is 95.2 Å². The summed E-state index contributed by atoms with van der Waals surface area (Å²) in [6.45, 7) is 0. The minimum atomic E-state index is -0.0236. The van der Waals surface area contributed by atoms with E-state index in [1.807, 2.05) is 78.9 Å². The van der Waals surface area contributed by atoms with Crippen LogP contribution in [0.3, 0.4) is 0 Å². The van der Waals surface area contributed by atoms with Gasteiger partial charge in [-0.2, -0.15) is 0 Å². The second kappa shape index (κ2) is 5.58. The largest absolute Gasteiger partial charge is 0.456 e. The highest BCUT2D eigenvalue weighted by Crippen LogP contribution is 2.29. The third-order valence-corrected chi connectivity index (χ3v) is 3.90. The van der Waals surface area contributed by atoms with E-state index in [4.69, 9.17) is 4.42 Å². The van der Waals surface area contributed by atoms with Crippen LogP contribution in [0.5, 0.6) is 0 Å². The van der Waals surface area contributed by atoms with Crippen LogP contribution in [-0.4, -0.2) is 0 Å². The molecule has 0 bridgehead atoms. The SMILES string of the molecule is O=c1cc(-c2ccccc2)oc2cccc(-c3ccccc3)c12. The average Bonchev–Trinajstić information content (AvgIpc) is 2.62. The standard InChI is InChI=1S/C21H14O2/c22-18-14-20(16-10-5-2-6-11-16)23-19-13-7-12-17(21(18)19)15-8-3-1-4-9-15/h1-14H. The lowest BCUT2D eigenvalue weighted by Gasteiger charge is -2.07. The third-order valence-electron chi connectivity index (χ3n) is 3.90. The van der Waals surface area contributed by atoms with Crippen molar-refractivity contribution in [1.29, 1.82) is 0 Å². The van der Waals surface area contributed by atoms with Gasteiger partial charge in [-0.15, -0.1) is 0 Å². The maximum Gasteiger partial charge on any atom is 0.193 e. The lowest BCUT2D eigenvalue weighted by atomic mass is 10.0. The van der Waals surface area contributed by atoms with Gasteiger partial charge in [0.25, 0.3) is 0 Å². The molecule has 0 saturated carbocycles. The van der Waals surface area contributed by atoms with Crippen molar-refractivity contribution >= 4 is 11.0 Å². The van der Waals surface area contributed by atoms with Gasteiger partial charge in [0, 0.05) is 11.6 Å². The highest BCUT2D eigenvalue weighted by atomic mass is 16.3. The summed E-state index contributed by atoms with van der Waals surface area (Å²) in [6, 6.07) is 26.9. The molecule has 0 aliphatic carbocycles. The van der Waals surface area contributed by atoms with Gasteiger partial charge in [0.2, 0.25) is 0 Å². The Morgan fingerprint density at radius 3 is 2.00 bits per heavy atom. The number of benzene rings is 3. The molecule has 0 radical (unpaired) electrons. The topological polar surface area (TPSA) is 30.2 Å². The lowest BCUT2D eigenvalue weighted by Crippen LogP contribution is -2.02. The molecule has 1 aromatic heterocycles. The van der Waals surface area contributed by atoms with Gasteiger partial charge in [0.15, 0.2) is 5.43 Å². The van der Waals surface area contributed by atoms with E-state index >= 15 is 0 Å². The van der Waals surface area contributed by atoms with Crippen LogP contribution in [0.4, 0.5) is 0 Å². The fourth-order valence-electron chi connectivity index (χ4n) is 2.81. The maximum atomic E-state index is 12.7. The second-order valence-corrected chi connectivity index (χ2v) is 5.39. The molecule has 0 aliphatic rings. The number of fused-ring (bicyclic) bond motifs is 1. The summed E-state index contributed by atoms with van der Waals surface area (Å²) in [5.41, 5.74) is 3.40. The van der Waals surface area contributed by atoms with Crippen molar-refractivity contribution in [2.75, 3.05) is 0 Å². The van der Waals surface area contributed by atoms with Gasteiger partial charge in [-0.05, 0) is 17.2 Å². The van der Waals surface area contributed by atoms with E-state index < -0.39 is 0 Å². The monoisotopic (exact) mass is 298 g/mol. The predicted molar refractivity (Wildman–Crippen MR) is 93.4 cm³/mol. The van der Waals surface area contributed by atoms with Crippen LogP contribution in [0.15, 0.2) is 94.1 Å². The van der Waals surface area contributed by atoms with Crippen LogP contribution in [0.1, 0.15) is 0 Å². The summed E-state index contributed by atoms with van der Waals surface area (Å²) in [6.07, 6.45) is 0. The molecule has 0 amide bonds. The molecule has 0 N–H and O–H groups in total. The quantitative estimate of drug-likeness (QED) is 0.513. The second-order valence-electron chi connectivity index (χ2n) is 5.39. The molecular formula is C21H14O2. The molecule has 4 rings (SSSR count). The van der Waals surface area contributed by atoms with E-state index in [0.29, 0.717) is 16.7 Å². The van der Waals surface area contributed by atoms with Crippen LogP contribution in [0.25, 0.3) is 33.4 Å². The van der Waals surface area contributed by atoms with Crippen molar-refractivity contribution in [2.24, 2.45) is 0 Å². The molecule has 3 aromatic carbocycles. The van der Waals surface area contributed by atoms with Crippen LogP contribution in [0, 0.1) is 0 Å². The maximum absolute atomic E-state index is 12.7. The Balaban J connectivity index is 1.99. The van der Waals surface area contributed by atoms with Gasteiger partial charge >= 0.3 is 0 Å². The van der Waals surface area contributed by atoms with E-state index in [9.17, 15) is 4.79 Å². The van der Waals surface area contributed by atoms with Crippen LogP contribution >= 0.6 is 0 Å². The Labute approximate surface area is 133 Å². The van der Waals surface area contributed by atoms with Crippen molar-refractivity contribution in [3.63, 3.8) is 0 Å². The first-order valence-electron chi connectivity index (χ1n) is 7.51. The summed E-state index contributed by atoms with van der Waals surface area (Å²) >= 11 is 0. The summed E-state index contributed by atoms with van der Waals surface area (Å²) in [5.74, 6) is 0.591. The zero-order valence-corrected chi connectivity index (χ0v) is 12.4. The minimum Gasteiger partial charge on any atom is -0.456 e. The molecule has 0 saturated heterocycles. The molecule has 0 fully saturated rings. The molecule has 4 aromatic rings. The van der Waals surface area contributed by atoms with Crippen molar-refractivity contribution in [3.8, 4) is 22.5 Å². The zero-order valence-electron chi connectivity index (χ0n) is 12.4. The van der Waals surface area contributed by atoms with Crippen molar-refractivity contribution < 1.29 is 4.42 Å². The highest BCUT2D eigenvalue weighted by Gasteiger charge is 2.11. The fraction of sp³-hybridized carbons (Fsp3) is 0. The third kappa shape index (κ3) is 2.44. The predicted octanol–water partition coefficient (Wildman–Crippen LogP) is 5.13. The Kier molecular flexibility index (Phi) is 3.28. The Morgan fingerprint density at radius 1 is 0.652 bits per heavy atom. The van der Waals surface area contributed by atoms with Crippen LogP contribution < -0.4 is 5.43 Å². The van der Waals surface area contributed by atoms with Crippen LogP contribution in [0.2, 0.25) is 0 Å². The molecule has 0 atom stereocenters. The van der Waals surface area contributed by atoms with Gasteiger partial charge < -0.3 is 4.42 Å². The van der Waals surface area contributed by atoms with Gasteiger partial charge in [-0.1, -0.05) is 72.8 Å². The molecular weight excluding hydrogens is 284 g/mol. The minimum absolute atomic E-state index is 0.0236. The van der Waals surface area contributed by atoms with Gasteiger partial charge in [-0.25, -0.2) is 0 Å². The Morgan fingerprint density at radius 2 is 1.30 bits per heavy atom. The van der Waals surface area contributed by atoms with Gasteiger partial charge in [0.05, 0.1) is 5.39 Å². The number of hydrogen-bond donors (Lipinski definition) is 0. The molecule has 2 heteroatoms. The van der Waals surface area contributed by atoms with Crippen molar-refractivity contribution in [1.82, 2.24) is 0 Å². The normalized spacial score (nSPS) is 10.8. The number of rotatable bonds is 2. The average molecular weight is 298 g/mol. The molecule has 0 aliphatic heterocycles. The first-order chi connectivity index (χ1) is 11.3. The van der Waals surface area contributed by atoms with E-state index in [0.717, 1.165) is 16.7 Å². The molecule has 110 valence electrons. The lowest BCUT2D eigenvalue weighted by molar-refractivity contribution is 0.619. The molecule has 1 heterocycles. The van der Waals surface area contributed by atoms with E-state index in [-0.39, 0.29) is 5.43 Å². The van der Waals surface area contributed by atoms with E-state index in [1.165, 1.54) is 0 Å². The Bertz CT molecular complexity index is 1020. The van der Waals surface area contributed by atoms with E-state index in [2.05, 4.69) is 0 Å². The van der Waals surface area contributed by atoms with E-state index in [1.54, 1.807) is 6.07 Å². The van der Waals surface area contributed by atoms with Crippen LogP contribution in [-0.2, 0) is 0 Å². The fourth-order valence-corrected chi connectivity index (χ4v) is 2.81. The summed E-state index contributed by atoms with van der Waals surface area (Å²) in [5, 5.41) is 0.624. The zero-order chi connectivity index (χ0) is 15.6. The summed E-state index contributed by atoms with van der Waals surface area (Å²) in [4.78, 5) is 12.7. The summed E-state index contributed by atoms with van der Waals surface area (Å²) < 4.78 is 5.99. The molecule has 23 heavy (non-hydrogen) atoms. The molecule has 0 spiro atoms. The smallest absolute Gasteiger partial charge is 0.193 e. The highest BCUT2D eigenvalue weighted by molar-refractivity contribution is 5.94. The number of hydrogen-bond acceptors (Lipinski definition) is 2.